The SMILES string of the molecule is Cc1c(C(=O)OCc2ccccc2)sc2ncn(CC(=O)Nc3ccc(S(=O)(=O)N4CCCCC4)cc3)c(=O)c12. The minimum atomic E-state index is -3.57. The van der Waals surface area contributed by atoms with Crippen LogP contribution < -0.4 is 10.9 Å². The standard InChI is InChI=1S/C28H28N4O6S2/c1-19-24-26(39-25(19)28(35)38-17-20-8-4-2-5-9-20)29-18-31(27(24)34)16-23(33)30-21-10-12-22(13-11-21)40(36,37)32-14-6-3-7-15-32/h2,4-5,8-13,18H,3,6-7,14-17H2,1H3,(H,30,33). The van der Waals surface area contributed by atoms with E-state index in [4.69, 9.17) is 4.74 Å². The third kappa shape index (κ3) is 5.83. The molecule has 40 heavy (non-hydrogen) atoms. The molecule has 0 atom stereocenters. The summed E-state index contributed by atoms with van der Waals surface area (Å²) in [5.41, 5.74) is 1.26. The number of fused-ring (bicyclic) bond motifs is 1. The maximum absolute atomic E-state index is 13.2. The molecule has 0 unspecified atom stereocenters. The molecule has 1 N–H and O–H groups in total. The Morgan fingerprint density at radius 2 is 1.73 bits per heavy atom. The van der Waals surface area contributed by atoms with Gasteiger partial charge in [-0.1, -0.05) is 36.8 Å². The Morgan fingerprint density at radius 1 is 1.02 bits per heavy atom. The number of nitrogens with one attached hydrogen (secondary N) is 1. The predicted molar refractivity (Wildman–Crippen MR) is 152 cm³/mol. The van der Waals surface area contributed by atoms with Crippen LogP contribution in [0.5, 0.6) is 0 Å². The molecule has 4 aromatic rings. The number of hydrogen-bond acceptors (Lipinski definition) is 8. The first-order chi connectivity index (χ1) is 19.2. The van der Waals surface area contributed by atoms with Gasteiger partial charge in [-0.2, -0.15) is 4.31 Å². The van der Waals surface area contributed by atoms with E-state index in [1.54, 1.807) is 6.92 Å². The molecule has 0 spiro atoms. The summed E-state index contributed by atoms with van der Waals surface area (Å²) in [6.45, 7) is 2.47. The van der Waals surface area contributed by atoms with Gasteiger partial charge >= 0.3 is 5.97 Å². The van der Waals surface area contributed by atoms with Crippen molar-refractivity contribution < 1.29 is 22.7 Å². The number of nitrogens with zero attached hydrogens (tertiary/aromatic N) is 3. The largest absolute Gasteiger partial charge is 0.457 e. The molecule has 12 heteroatoms. The maximum atomic E-state index is 13.2. The molecule has 2 aromatic heterocycles. The van der Waals surface area contributed by atoms with Gasteiger partial charge in [-0.05, 0) is 55.2 Å². The summed E-state index contributed by atoms with van der Waals surface area (Å²) in [4.78, 5) is 43.7. The topological polar surface area (TPSA) is 128 Å². The van der Waals surface area contributed by atoms with Gasteiger partial charge in [-0.15, -0.1) is 11.3 Å². The van der Waals surface area contributed by atoms with E-state index in [2.05, 4.69) is 10.3 Å². The van der Waals surface area contributed by atoms with Crippen LogP contribution in [0.15, 0.2) is 70.6 Å². The molecule has 208 valence electrons. The predicted octanol–water partition coefficient (Wildman–Crippen LogP) is 3.94. The Bertz CT molecular complexity index is 1710. The van der Waals surface area contributed by atoms with Gasteiger partial charge in [0.05, 0.1) is 16.6 Å². The van der Waals surface area contributed by atoms with Crippen LogP contribution >= 0.6 is 11.3 Å². The minimum absolute atomic E-state index is 0.107. The summed E-state index contributed by atoms with van der Waals surface area (Å²) in [6.07, 6.45) is 3.99. The Labute approximate surface area is 235 Å². The number of thiophene rings is 1. The van der Waals surface area contributed by atoms with E-state index >= 15 is 0 Å². The first kappa shape index (κ1) is 27.7. The number of rotatable bonds is 8. The molecule has 2 aromatic carbocycles. The number of aryl methyl sites for hydroxylation is 1. The van der Waals surface area contributed by atoms with Crippen LogP contribution in [0.2, 0.25) is 0 Å². The van der Waals surface area contributed by atoms with Gasteiger partial charge < -0.3 is 10.1 Å². The first-order valence-electron chi connectivity index (χ1n) is 12.8. The Balaban J connectivity index is 1.26. The second-order valence-corrected chi connectivity index (χ2v) is 12.4. The van der Waals surface area contributed by atoms with Crippen molar-refractivity contribution in [2.75, 3.05) is 18.4 Å². The summed E-state index contributed by atoms with van der Waals surface area (Å²) in [6, 6.07) is 15.3. The number of benzene rings is 2. The quantitative estimate of drug-likeness (QED) is 0.313. The van der Waals surface area contributed by atoms with Crippen molar-refractivity contribution in [2.24, 2.45) is 0 Å². The molecule has 0 radical (unpaired) electrons. The normalized spacial score (nSPS) is 14.2. The molecular weight excluding hydrogens is 552 g/mol. The highest BCUT2D eigenvalue weighted by atomic mass is 32.2. The van der Waals surface area contributed by atoms with E-state index in [0.717, 1.165) is 36.2 Å². The van der Waals surface area contributed by atoms with Crippen LogP contribution in [-0.4, -0.2) is 47.2 Å². The maximum Gasteiger partial charge on any atom is 0.349 e. The van der Waals surface area contributed by atoms with E-state index in [1.165, 1.54) is 39.5 Å². The highest BCUT2D eigenvalue weighted by molar-refractivity contribution is 7.89. The fourth-order valence-corrected chi connectivity index (χ4v) is 7.13. The van der Waals surface area contributed by atoms with Gasteiger partial charge in [-0.25, -0.2) is 18.2 Å². The fraction of sp³-hybridized carbons (Fsp3) is 0.286. The number of esters is 1. The van der Waals surface area contributed by atoms with Gasteiger partial charge in [0, 0.05) is 18.8 Å². The highest BCUT2D eigenvalue weighted by Gasteiger charge is 2.26. The van der Waals surface area contributed by atoms with Crippen LogP contribution in [0.4, 0.5) is 5.69 Å². The highest BCUT2D eigenvalue weighted by Crippen LogP contribution is 2.28. The summed E-state index contributed by atoms with van der Waals surface area (Å²) < 4.78 is 33.8. The summed E-state index contributed by atoms with van der Waals surface area (Å²) >= 11 is 1.07. The molecule has 1 saturated heterocycles. The molecule has 5 rings (SSSR count). The lowest BCUT2D eigenvalue weighted by atomic mass is 10.2. The number of carbonyl (C=O) groups excluding carboxylic acids is 2. The Hall–Kier alpha value is -3.87. The zero-order valence-corrected chi connectivity index (χ0v) is 23.5. The third-order valence-electron chi connectivity index (χ3n) is 6.72. The number of carbonyl (C=O) groups is 2. The van der Waals surface area contributed by atoms with Crippen molar-refractivity contribution in [3.8, 4) is 0 Å². The van der Waals surface area contributed by atoms with E-state index in [1.807, 2.05) is 30.3 Å². The van der Waals surface area contributed by atoms with E-state index in [-0.39, 0.29) is 28.3 Å². The molecule has 0 bridgehead atoms. The van der Waals surface area contributed by atoms with Crippen LogP contribution in [0, 0.1) is 6.92 Å². The number of aromatic nitrogens is 2. The summed E-state index contributed by atoms with van der Waals surface area (Å²) in [5.74, 6) is -1.02. The number of anilines is 1. The van der Waals surface area contributed by atoms with E-state index < -0.39 is 27.5 Å². The van der Waals surface area contributed by atoms with Crippen LogP contribution in [0.1, 0.15) is 40.1 Å². The van der Waals surface area contributed by atoms with Gasteiger partial charge in [0.25, 0.3) is 5.56 Å². The van der Waals surface area contributed by atoms with Crippen molar-refractivity contribution >= 4 is 49.1 Å². The van der Waals surface area contributed by atoms with Crippen molar-refractivity contribution in [3.63, 3.8) is 0 Å². The molecule has 10 nitrogen and oxygen atoms in total. The first-order valence-corrected chi connectivity index (χ1v) is 15.1. The second-order valence-electron chi connectivity index (χ2n) is 9.51. The van der Waals surface area contributed by atoms with Crippen molar-refractivity contribution in [1.82, 2.24) is 13.9 Å². The average Bonchev–Trinajstić information content (AvgIpc) is 3.31. The summed E-state index contributed by atoms with van der Waals surface area (Å²) in [5, 5.41) is 2.95. The lowest BCUT2D eigenvalue weighted by molar-refractivity contribution is -0.116. The number of hydrogen-bond donors (Lipinski definition) is 1. The van der Waals surface area contributed by atoms with Crippen molar-refractivity contribution in [1.29, 1.82) is 0 Å². The lowest BCUT2D eigenvalue weighted by Gasteiger charge is -2.25. The van der Waals surface area contributed by atoms with Crippen LogP contribution in [0.3, 0.4) is 0 Å². The van der Waals surface area contributed by atoms with Gasteiger partial charge in [0.15, 0.2) is 0 Å². The minimum Gasteiger partial charge on any atom is -0.457 e. The second kappa shape index (κ2) is 11.7. The fourth-order valence-electron chi connectivity index (χ4n) is 4.57. The number of piperidine rings is 1. The lowest BCUT2D eigenvalue weighted by Crippen LogP contribution is -2.35. The number of sulfonamides is 1. The van der Waals surface area contributed by atoms with Gasteiger partial charge in [0.2, 0.25) is 15.9 Å². The molecular formula is C28H28N4O6S2. The van der Waals surface area contributed by atoms with Crippen LogP contribution in [-0.2, 0) is 32.7 Å². The molecule has 1 fully saturated rings. The molecule has 1 aliphatic rings. The van der Waals surface area contributed by atoms with E-state index in [9.17, 15) is 22.8 Å². The number of ether oxygens (including phenoxy) is 1. The monoisotopic (exact) mass is 580 g/mol. The zero-order chi connectivity index (χ0) is 28.3. The average molecular weight is 581 g/mol. The molecule has 0 aliphatic carbocycles. The van der Waals surface area contributed by atoms with Crippen molar-refractivity contribution in [3.05, 3.63) is 87.3 Å². The van der Waals surface area contributed by atoms with Gasteiger partial charge in [-0.3, -0.25) is 14.2 Å². The van der Waals surface area contributed by atoms with Gasteiger partial charge in [0.1, 0.15) is 22.9 Å². The Morgan fingerprint density at radius 3 is 2.42 bits per heavy atom. The number of amides is 1. The van der Waals surface area contributed by atoms with Crippen molar-refractivity contribution in [2.45, 2.75) is 44.2 Å². The van der Waals surface area contributed by atoms with E-state index in [0.29, 0.717) is 29.2 Å². The molecule has 0 saturated carbocycles. The zero-order valence-electron chi connectivity index (χ0n) is 21.8. The molecule has 1 amide bonds. The Kier molecular flexibility index (Phi) is 8.10. The molecule has 1 aliphatic heterocycles. The molecule has 3 heterocycles. The van der Waals surface area contributed by atoms with Crippen LogP contribution in [0.25, 0.3) is 10.2 Å². The smallest absolute Gasteiger partial charge is 0.349 e. The third-order valence-corrected chi connectivity index (χ3v) is 9.81. The summed E-state index contributed by atoms with van der Waals surface area (Å²) in [7, 11) is -3.57.